The quantitative estimate of drug-likeness (QED) is 0.834. The van der Waals surface area contributed by atoms with Gasteiger partial charge in [0, 0.05) is 38.2 Å². The highest BCUT2D eigenvalue weighted by molar-refractivity contribution is 5.95. The Hall–Kier alpha value is -2.37. The fourth-order valence-electron chi connectivity index (χ4n) is 3.16. The molecule has 1 aromatic carbocycles. The molecule has 0 saturated carbocycles. The maximum atomic E-state index is 13.7. The van der Waals surface area contributed by atoms with Gasteiger partial charge in [-0.2, -0.15) is 5.10 Å². The number of benzene rings is 1. The van der Waals surface area contributed by atoms with Gasteiger partial charge in [0.25, 0.3) is 5.91 Å². The lowest BCUT2D eigenvalue weighted by Crippen LogP contribution is -2.42. The molecule has 0 atom stereocenters. The number of para-hydroxylation sites is 1. The third-order valence-electron chi connectivity index (χ3n) is 4.63. The molecule has 134 valence electrons. The lowest BCUT2D eigenvalue weighted by atomic mass is 10.1. The number of hydrogen-bond donors (Lipinski definition) is 0. The van der Waals surface area contributed by atoms with Crippen LogP contribution in [-0.2, 0) is 6.54 Å². The second kappa shape index (κ2) is 7.68. The van der Waals surface area contributed by atoms with Gasteiger partial charge in [0.15, 0.2) is 11.6 Å². The first kappa shape index (κ1) is 17.5. The van der Waals surface area contributed by atoms with Crippen LogP contribution in [0.15, 0.2) is 30.5 Å². The van der Waals surface area contributed by atoms with Crippen LogP contribution in [0.3, 0.4) is 0 Å². The van der Waals surface area contributed by atoms with Crippen molar-refractivity contribution in [3.63, 3.8) is 0 Å². The van der Waals surface area contributed by atoms with Crippen molar-refractivity contribution in [3.05, 3.63) is 47.5 Å². The predicted molar refractivity (Wildman–Crippen MR) is 93.2 cm³/mol. The van der Waals surface area contributed by atoms with Gasteiger partial charge in [0.2, 0.25) is 0 Å². The molecule has 1 saturated heterocycles. The Bertz CT molecular complexity index is 736. The molecule has 2 aromatic rings. The first-order chi connectivity index (χ1) is 12.1. The van der Waals surface area contributed by atoms with E-state index in [4.69, 9.17) is 4.74 Å². The van der Waals surface area contributed by atoms with Crippen LogP contribution in [0.2, 0.25) is 0 Å². The summed E-state index contributed by atoms with van der Waals surface area (Å²) in [6.07, 6.45) is 3.97. The van der Waals surface area contributed by atoms with E-state index in [1.54, 1.807) is 24.4 Å². The highest BCUT2D eigenvalue weighted by Crippen LogP contribution is 2.23. The Morgan fingerprint density at radius 3 is 2.72 bits per heavy atom. The zero-order valence-corrected chi connectivity index (χ0v) is 14.7. The summed E-state index contributed by atoms with van der Waals surface area (Å²) in [6, 6.07) is 6.43. The molecule has 1 amide bonds. The summed E-state index contributed by atoms with van der Waals surface area (Å²) >= 11 is 0. The fraction of sp³-hybridized carbons (Fsp3) is 0.474. The van der Waals surface area contributed by atoms with Gasteiger partial charge < -0.3 is 9.64 Å². The lowest BCUT2D eigenvalue weighted by molar-refractivity contribution is 0.0587. The Morgan fingerprint density at radius 1 is 1.32 bits per heavy atom. The van der Waals surface area contributed by atoms with Crippen molar-refractivity contribution in [2.45, 2.75) is 45.8 Å². The Kier molecular flexibility index (Phi) is 5.36. The molecule has 0 spiro atoms. The number of likely N-dealkylation sites (tertiary alicyclic amines) is 1. The molecule has 6 heteroatoms. The average molecular weight is 345 g/mol. The van der Waals surface area contributed by atoms with Gasteiger partial charge in [0.1, 0.15) is 6.10 Å². The van der Waals surface area contributed by atoms with Crippen LogP contribution in [0.5, 0.6) is 5.75 Å². The second-order valence-electron chi connectivity index (χ2n) is 6.41. The van der Waals surface area contributed by atoms with Crippen molar-refractivity contribution in [2.75, 3.05) is 13.1 Å². The van der Waals surface area contributed by atoms with E-state index in [-0.39, 0.29) is 23.6 Å². The van der Waals surface area contributed by atoms with E-state index in [2.05, 4.69) is 12.0 Å². The molecule has 1 aromatic heterocycles. The standard InChI is InChI=1S/C19H24FN3O2/c1-3-10-23-14(2)16(13-21-23)19(24)22-11-8-15(9-12-22)25-18-7-5-4-6-17(18)20/h4-7,13,15H,3,8-12H2,1-2H3. The van der Waals surface area contributed by atoms with Crippen LogP contribution in [0, 0.1) is 12.7 Å². The van der Waals surface area contributed by atoms with Crippen LogP contribution in [0.4, 0.5) is 4.39 Å². The van der Waals surface area contributed by atoms with Crippen molar-refractivity contribution in [2.24, 2.45) is 0 Å². The molecule has 0 bridgehead atoms. The molecular formula is C19H24FN3O2. The minimum atomic E-state index is -0.347. The molecule has 1 aliphatic heterocycles. The van der Waals surface area contributed by atoms with E-state index in [9.17, 15) is 9.18 Å². The smallest absolute Gasteiger partial charge is 0.257 e. The number of amides is 1. The van der Waals surface area contributed by atoms with Gasteiger partial charge in [-0.05, 0) is 25.5 Å². The van der Waals surface area contributed by atoms with Crippen LogP contribution in [-0.4, -0.2) is 39.8 Å². The number of rotatable bonds is 5. The predicted octanol–water partition coefficient (Wildman–Crippen LogP) is 3.42. The lowest BCUT2D eigenvalue weighted by Gasteiger charge is -2.32. The molecule has 5 nitrogen and oxygen atoms in total. The summed E-state index contributed by atoms with van der Waals surface area (Å²) in [5.41, 5.74) is 1.58. The Morgan fingerprint density at radius 2 is 2.04 bits per heavy atom. The molecule has 0 radical (unpaired) electrons. The zero-order valence-electron chi connectivity index (χ0n) is 14.7. The minimum absolute atomic E-state index is 0.0178. The first-order valence-corrected chi connectivity index (χ1v) is 8.83. The summed E-state index contributed by atoms with van der Waals surface area (Å²) in [7, 11) is 0. The maximum absolute atomic E-state index is 13.7. The number of carbonyl (C=O) groups excluding carboxylic acids is 1. The molecule has 2 heterocycles. The summed E-state index contributed by atoms with van der Waals surface area (Å²) < 4.78 is 21.3. The van der Waals surface area contributed by atoms with Gasteiger partial charge in [-0.15, -0.1) is 0 Å². The number of nitrogens with zero attached hydrogens (tertiary/aromatic N) is 3. The first-order valence-electron chi connectivity index (χ1n) is 8.83. The van der Waals surface area contributed by atoms with Gasteiger partial charge in [0.05, 0.1) is 11.8 Å². The fourth-order valence-corrected chi connectivity index (χ4v) is 3.16. The Balaban J connectivity index is 1.58. The van der Waals surface area contributed by atoms with Gasteiger partial charge in [-0.1, -0.05) is 19.1 Å². The molecule has 0 unspecified atom stereocenters. The van der Waals surface area contributed by atoms with Crippen molar-refractivity contribution in [3.8, 4) is 5.75 Å². The molecular weight excluding hydrogens is 321 g/mol. The molecule has 1 aliphatic rings. The van der Waals surface area contributed by atoms with Crippen molar-refractivity contribution < 1.29 is 13.9 Å². The highest BCUT2D eigenvalue weighted by Gasteiger charge is 2.27. The number of aromatic nitrogens is 2. The zero-order chi connectivity index (χ0) is 17.8. The number of aryl methyl sites for hydroxylation is 1. The second-order valence-corrected chi connectivity index (χ2v) is 6.41. The van der Waals surface area contributed by atoms with Gasteiger partial charge in [-0.3, -0.25) is 9.48 Å². The summed E-state index contributed by atoms with van der Waals surface area (Å²) in [6.45, 7) is 6.05. The monoisotopic (exact) mass is 345 g/mol. The normalized spacial score (nSPS) is 15.4. The van der Waals surface area contributed by atoms with Gasteiger partial charge >= 0.3 is 0 Å². The number of carbonyl (C=O) groups is 1. The number of piperidine rings is 1. The molecule has 25 heavy (non-hydrogen) atoms. The van der Waals surface area contributed by atoms with Crippen LogP contribution in [0.25, 0.3) is 0 Å². The van der Waals surface area contributed by atoms with Crippen LogP contribution in [0.1, 0.15) is 42.2 Å². The van der Waals surface area contributed by atoms with E-state index in [1.807, 2.05) is 16.5 Å². The number of hydrogen-bond acceptors (Lipinski definition) is 3. The topological polar surface area (TPSA) is 47.4 Å². The van der Waals surface area contributed by atoms with E-state index in [1.165, 1.54) is 6.07 Å². The van der Waals surface area contributed by atoms with E-state index in [0.29, 0.717) is 31.5 Å². The number of ether oxygens (including phenoxy) is 1. The van der Waals surface area contributed by atoms with E-state index < -0.39 is 0 Å². The van der Waals surface area contributed by atoms with Crippen molar-refractivity contribution in [1.82, 2.24) is 14.7 Å². The molecule has 0 aliphatic carbocycles. The summed E-state index contributed by atoms with van der Waals surface area (Å²) in [5, 5.41) is 4.30. The SMILES string of the molecule is CCCn1ncc(C(=O)N2CCC(Oc3ccccc3F)CC2)c1C. The number of halogens is 1. The van der Waals surface area contributed by atoms with E-state index >= 15 is 0 Å². The maximum Gasteiger partial charge on any atom is 0.257 e. The van der Waals surface area contributed by atoms with Crippen molar-refractivity contribution >= 4 is 5.91 Å². The largest absolute Gasteiger partial charge is 0.487 e. The minimum Gasteiger partial charge on any atom is -0.487 e. The van der Waals surface area contributed by atoms with Crippen LogP contribution >= 0.6 is 0 Å². The third-order valence-corrected chi connectivity index (χ3v) is 4.63. The van der Waals surface area contributed by atoms with E-state index in [0.717, 1.165) is 18.7 Å². The van der Waals surface area contributed by atoms with Crippen molar-refractivity contribution in [1.29, 1.82) is 0 Å². The molecule has 1 fully saturated rings. The molecule has 3 rings (SSSR count). The highest BCUT2D eigenvalue weighted by atomic mass is 19.1. The summed E-state index contributed by atoms with van der Waals surface area (Å²) in [4.78, 5) is 14.6. The van der Waals surface area contributed by atoms with Crippen LogP contribution < -0.4 is 4.74 Å². The summed E-state index contributed by atoms with van der Waals surface area (Å²) in [5.74, 6) is -0.0480. The Labute approximate surface area is 147 Å². The molecule has 0 N–H and O–H groups in total. The third kappa shape index (κ3) is 3.83. The average Bonchev–Trinajstić information content (AvgIpc) is 2.98. The van der Waals surface area contributed by atoms with Gasteiger partial charge in [-0.25, -0.2) is 4.39 Å².